The zero-order valence-electron chi connectivity index (χ0n) is 10.5. The molecule has 2 N–H and O–H groups in total. The lowest BCUT2D eigenvalue weighted by molar-refractivity contribution is -0.120. The number of hydrogen-bond donors (Lipinski definition) is 1. The molecule has 5 heteroatoms. The van der Waals surface area contributed by atoms with Crippen molar-refractivity contribution in [2.24, 2.45) is 5.73 Å². The molecule has 0 spiro atoms. The van der Waals surface area contributed by atoms with Gasteiger partial charge in [-0.25, -0.2) is 4.39 Å². The van der Waals surface area contributed by atoms with Gasteiger partial charge in [-0.3, -0.25) is 4.79 Å². The number of hydrogen-bond acceptors (Lipinski definition) is 3. The van der Waals surface area contributed by atoms with Crippen molar-refractivity contribution in [1.82, 2.24) is 0 Å². The van der Waals surface area contributed by atoms with E-state index in [1.54, 1.807) is 11.0 Å². The van der Waals surface area contributed by atoms with Crippen molar-refractivity contribution in [3.63, 3.8) is 0 Å². The van der Waals surface area contributed by atoms with Crippen LogP contribution in [0.2, 0.25) is 0 Å². The van der Waals surface area contributed by atoms with Gasteiger partial charge in [-0.05, 0) is 25.5 Å². The molecule has 2 atom stereocenters. The van der Waals surface area contributed by atoms with E-state index in [4.69, 9.17) is 10.5 Å². The van der Waals surface area contributed by atoms with Crippen LogP contribution in [0.4, 0.5) is 10.1 Å². The van der Waals surface area contributed by atoms with Crippen molar-refractivity contribution in [1.29, 1.82) is 0 Å². The van der Waals surface area contributed by atoms with Gasteiger partial charge < -0.3 is 15.4 Å². The molecule has 0 unspecified atom stereocenters. The van der Waals surface area contributed by atoms with E-state index in [1.807, 2.05) is 13.8 Å². The third-order valence-electron chi connectivity index (χ3n) is 3.00. The van der Waals surface area contributed by atoms with Crippen molar-refractivity contribution in [3.05, 3.63) is 24.0 Å². The van der Waals surface area contributed by atoms with Crippen LogP contribution in [-0.4, -0.2) is 24.6 Å². The maximum atomic E-state index is 13.2. The summed E-state index contributed by atoms with van der Waals surface area (Å²) in [4.78, 5) is 13.8. The molecule has 1 heterocycles. The molecule has 1 aromatic carbocycles. The average Bonchev–Trinajstić information content (AvgIpc) is 2.35. The van der Waals surface area contributed by atoms with Crippen molar-refractivity contribution in [2.75, 3.05) is 11.4 Å². The fraction of sp³-hybridized carbons (Fsp3) is 0.462. The molecule has 98 valence electrons. The van der Waals surface area contributed by atoms with Gasteiger partial charge in [0.2, 0.25) is 5.91 Å². The molecule has 0 aromatic heterocycles. The summed E-state index contributed by atoms with van der Waals surface area (Å²) < 4.78 is 18.7. The molecule has 1 aliphatic rings. The molecule has 1 amide bonds. The second-order valence-corrected chi connectivity index (χ2v) is 4.50. The van der Waals surface area contributed by atoms with Crippen LogP contribution in [-0.2, 0) is 4.79 Å². The number of ether oxygens (including phenoxy) is 1. The van der Waals surface area contributed by atoms with Crippen molar-refractivity contribution in [3.8, 4) is 5.75 Å². The largest absolute Gasteiger partial charge is 0.487 e. The molecule has 0 radical (unpaired) electrons. The van der Waals surface area contributed by atoms with Gasteiger partial charge in [-0.15, -0.1) is 0 Å². The highest BCUT2D eigenvalue weighted by atomic mass is 19.1. The van der Waals surface area contributed by atoms with E-state index in [0.717, 1.165) is 0 Å². The molecule has 1 aliphatic heterocycles. The van der Waals surface area contributed by atoms with Gasteiger partial charge in [-0.1, -0.05) is 6.92 Å². The second-order valence-electron chi connectivity index (χ2n) is 4.50. The van der Waals surface area contributed by atoms with Crippen LogP contribution in [0, 0.1) is 5.82 Å². The Labute approximate surface area is 106 Å². The first-order valence-electron chi connectivity index (χ1n) is 6.06. The van der Waals surface area contributed by atoms with E-state index in [-0.39, 0.29) is 17.8 Å². The molecule has 0 aliphatic carbocycles. The number of nitrogens with two attached hydrogens (primary N) is 1. The lowest BCUT2D eigenvalue weighted by atomic mass is 10.1. The summed E-state index contributed by atoms with van der Waals surface area (Å²) in [7, 11) is 0. The van der Waals surface area contributed by atoms with Crippen LogP contribution in [0.1, 0.15) is 20.3 Å². The van der Waals surface area contributed by atoms with Crippen LogP contribution in [0.15, 0.2) is 18.2 Å². The van der Waals surface area contributed by atoms with E-state index in [2.05, 4.69) is 0 Å². The lowest BCUT2D eigenvalue weighted by Crippen LogP contribution is -2.49. The number of nitrogens with zero attached hydrogens (tertiary/aromatic N) is 1. The summed E-state index contributed by atoms with van der Waals surface area (Å²) in [6.07, 6.45) is 0.397. The predicted molar refractivity (Wildman–Crippen MR) is 67.1 cm³/mol. The van der Waals surface area contributed by atoms with Gasteiger partial charge in [0.25, 0.3) is 0 Å². The molecule has 0 saturated carbocycles. The minimum Gasteiger partial charge on any atom is -0.487 e. The number of fused-ring (bicyclic) bond motifs is 1. The first-order valence-corrected chi connectivity index (χ1v) is 6.06. The number of carbonyl (C=O) groups excluding carboxylic acids is 1. The molecule has 0 bridgehead atoms. The zero-order valence-corrected chi connectivity index (χ0v) is 10.5. The summed E-state index contributed by atoms with van der Waals surface area (Å²) in [6.45, 7) is 4.13. The summed E-state index contributed by atoms with van der Waals surface area (Å²) in [5.41, 5.74) is 6.36. The number of benzene rings is 1. The minimum atomic E-state index is -0.534. The van der Waals surface area contributed by atoms with E-state index in [9.17, 15) is 9.18 Å². The second kappa shape index (κ2) is 4.94. The van der Waals surface area contributed by atoms with E-state index in [0.29, 0.717) is 24.4 Å². The van der Waals surface area contributed by atoms with Gasteiger partial charge in [0.1, 0.15) is 17.7 Å². The highest BCUT2D eigenvalue weighted by Crippen LogP contribution is 2.34. The van der Waals surface area contributed by atoms with Gasteiger partial charge in [0.15, 0.2) is 0 Å². The molecule has 0 fully saturated rings. The monoisotopic (exact) mass is 252 g/mol. The van der Waals surface area contributed by atoms with Crippen molar-refractivity contribution >= 4 is 11.6 Å². The number of carbonyl (C=O) groups is 1. The Morgan fingerprint density at radius 3 is 3.06 bits per heavy atom. The van der Waals surface area contributed by atoms with Crippen LogP contribution in [0.25, 0.3) is 0 Å². The molecule has 0 saturated heterocycles. The maximum absolute atomic E-state index is 13.2. The third-order valence-corrected chi connectivity index (χ3v) is 3.00. The first kappa shape index (κ1) is 12.8. The van der Waals surface area contributed by atoms with Gasteiger partial charge in [-0.2, -0.15) is 0 Å². The van der Waals surface area contributed by atoms with E-state index >= 15 is 0 Å². The predicted octanol–water partition coefficient (Wildman–Crippen LogP) is 1.68. The Balaban J connectivity index is 2.36. The zero-order chi connectivity index (χ0) is 13.3. The van der Waals surface area contributed by atoms with Crippen LogP contribution in [0.3, 0.4) is 0 Å². The molecule has 18 heavy (non-hydrogen) atoms. The Hall–Kier alpha value is -1.62. The smallest absolute Gasteiger partial charge is 0.244 e. The van der Waals surface area contributed by atoms with Crippen molar-refractivity contribution in [2.45, 2.75) is 32.4 Å². The molecule has 1 aromatic rings. The summed E-state index contributed by atoms with van der Waals surface area (Å²) in [5.74, 6) is -0.138. The van der Waals surface area contributed by atoms with E-state index in [1.165, 1.54) is 12.1 Å². The molecule has 2 rings (SSSR count). The quantitative estimate of drug-likeness (QED) is 0.871. The minimum absolute atomic E-state index is 0.152. The molecule has 4 nitrogen and oxygen atoms in total. The van der Waals surface area contributed by atoms with Gasteiger partial charge in [0.05, 0.1) is 18.3 Å². The number of anilines is 1. The summed E-state index contributed by atoms with van der Waals surface area (Å²) >= 11 is 0. The number of rotatable bonds is 2. The number of amides is 1. The SMILES string of the molecule is CC[C@H](N)C(=O)N1C[C@H](C)Oc2cc(F)ccc21. The summed E-state index contributed by atoms with van der Waals surface area (Å²) in [5, 5.41) is 0. The van der Waals surface area contributed by atoms with E-state index < -0.39 is 6.04 Å². The molecular weight excluding hydrogens is 235 g/mol. The topological polar surface area (TPSA) is 55.6 Å². The standard InChI is InChI=1S/C13H17FN2O2/c1-3-10(15)13(17)16-7-8(2)18-12-6-9(14)4-5-11(12)16/h4-6,8,10H,3,7,15H2,1-2H3/t8-,10-/m0/s1. The molecular formula is C13H17FN2O2. The van der Waals surface area contributed by atoms with Gasteiger partial charge in [0, 0.05) is 6.07 Å². The van der Waals surface area contributed by atoms with Gasteiger partial charge >= 0.3 is 0 Å². The van der Waals surface area contributed by atoms with Crippen LogP contribution >= 0.6 is 0 Å². The fourth-order valence-corrected chi connectivity index (χ4v) is 2.00. The van der Waals surface area contributed by atoms with Crippen molar-refractivity contribution < 1.29 is 13.9 Å². The lowest BCUT2D eigenvalue weighted by Gasteiger charge is -2.34. The fourth-order valence-electron chi connectivity index (χ4n) is 2.00. The third kappa shape index (κ3) is 2.31. The van der Waals surface area contributed by atoms with Crippen LogP contribution < -0.4 is 15.4 Å². The Bertz CT molecular complexity index is 464. The first-order chi connectivity index (χ1) is 8.52. The highest BCUT2D eigenvalue weighted by Gasteiger charge is 2.30. The Kier molecular flexibility index (Phi) is 3.52. The summed E-state index contributed by atoms with van der Waals surface area (Å²) in [6, 6.07) is 3.63. The Morgan fingerprint density at radius 2 is 2.39 bits per heavy atom. The Morgan fingerprint density at radius 1 is 1.67 bits per heavy atom. The number of halogens is 1. The maximum Gasteiger partial charge on any atom is 0.244 e. The highest BCUT2D eigenvalue weighted by molar-refractivity contribution is 5.98. The van der Waals surface area contributed by atoms with Crippen LogP contribution in [0.5, 0.6) is 5.75 Å². The average molecular weight is 252 g/mol. The normalized spacial score (nSPS) is 20.0.